The maximum atomic E-state index is 12.8. The van der Waals surface area contributed by atoms with Crippen molar-refractivity contribution < 1.29 is 9.47 Å². The van der Waals surface area contributed by atoms with E-state index in [4.69, 9.17) is 14.5 Å². The lowest BCUT2D eigenvalue weighted by atomic mass is 10.00. The van der Waals surface area contributed by atoms with Gasteiger partial charge in [-0.3, -0.25) is 9.47 Å². The molecule has 0 spiro atoms. The summed E-state index contributed by atoms with van der Waals surface area (Å²) in [5.74, 6) is 2.78. The first-order valence-electron chi connectivity index (χ1n) is 12.8. The van der Waals surface area contributed by atoms with Crippen LogP contribution in [0, 0.1) is 11.3 Å². The summed E-state index contributed by atoms with van der Waals surface area (Å²) in [5, 5.41) is 9.24. The van der Waals surface area contributed by atoms with Gasteiger partial charge in [-0.2, -0.15) is 10.2 Å². The van der Waals surface area contributed by atoms with Crippen molar-refractivity contribution in [3.63, 3.8) is 0 Å². The zero-order chi connectivity index (χ0) is 26.6. The molecule has 1 aromatic carbocycles. The highest BCUT2D eigenvalue weighted by Gasteiger charge is 2.36. The second-order valence-electron chi connectivity index (χ2n) is 11.0. The lowest BCUT2D eigenvalue weighted by molar-refractivity contribution is 0.0209. The number of rotatable bonds is 4. The number of aryl methyl sites for hydroxylation is 2. The van der Waals surface area contributed by atoms with Crippen molar-refractivity contribution in [2.24, 2.45) is 14.1 Å². The van der Waals surface area contributed by atoms with Crippen LogP contribution in [0.1, 0.15) is 52.0 Å². The van der Waals surface area contributed by atoms with Crippen LogP contribution in [0.15, 0.2) is 23.0 Å². The number of anilines is 1. The average molecular weight is 506 g/mol. The fourth-order valence-corrected chi connectivity index (χ4v) is 5.55. The van der Waals surface area contributed by atoms with E-state index in [1.165, 1.54) is 10.1 Å². The number of benzene rings is 1. The largest absolute Gasteiger partial charge is 0.486 e. The average Bonchev–Trinajstić information content (AvgIpc) is 3.17. The Balaban J connectivity index is 1.44. The summed E-state index contributed by atoms with van der Waals surface area (Å²) in [6.07, 6.45) is 0.169. The van der Waals surface area contributed by atoms with Crippen molar-refractivity contribution in [3.8, 4) is 17.6 Å². The number of aromatic nitrogens is 4. The zero-order valence-electron chi connectivity index (χ0n) is 22.6. The molecule has 3 atom stereocenters. The van der Waals surface area contributed by atoms with Crippen LogP contribution in [0.5, 0.6) is 11.5 Å². The molecule has 0 N–H and O–H groups in total. The summed E-state index contributed by atoms with van der Waals surface area (Å²) in [4.78, 5) is 26.7. The van der Waals surface area contributed by atoms with E-state index in [2.05, 4.69) is 53.8 Å². The SMILES string of the molecule is CC(c1ccc2c(c1)OC(C)(C)CO2)N1C[C@H](C)N(c2nc(=O)n(C)c3c2nc(CC#N)n3C)C[C@H]1C. The third-order valence-electron chi connectivity index (χ3n) is 7.63. The van der Waals surface area contributed by atoms with Gasteiger partial charge in [0.25, 0.3) is 0 Å². The van der Waals surface area contributed by atoms with E-state index in [1.54, 1.807) is 7.05 Å². The predicted octanol–water partition coefficient (Wildman–Crippen LogP) is 2.94. The molecule has 196 valence electrons. The van der Waals surface area contributed by atoms with Crippen molar-refractivity contribution in [1.82, 2.24) is 24.0 Å². The van der Waals surface area contributed by atoms with Gasteiger partial charge in [-0.25, -0.2) is 9.78 Å². The molecule has 0 amide bonds. The van der Waals surface area contributed by atoms with Crippen LogP contribution >= 0.6 is 0 Å². The highest BCUT2D eigenvalue weighted by molar-refractivity contribution is 5.84. The van der Waals surface area contributed by atoms with E-state index in [0.717, 1.165) is 18.0 Å². The normalized spacial score (nSPS) is 22.2. The Labute approximate surface area is 217 Å². The molecule has 2 aromatic heterocycles. The number of nitriles is 1. The van der Waals surface area contributed by atoms with Crippen molar-refractivity contribution in [1.29, 1.82) is 5.26 Å². The van der Waals surface area contributed by atoms with Crippen LogP contribution in [0.2, 0.25) is 0 Å². The van der Waals surface area contributed by atoms with Gasteiger partial charge in [0.05, 0.1) is 12.5 Å². The zero-order valence-corrected chi connectivity index (χ0v) is 22.6. The highest BCUT2D eigenvalue weighted by atomic mass is 16.6. The molecule has 0 bridgehead atoms. The standard InChI is InChI=1S/C27H35N7O3/c1-16-14-34(24-23-25(32(7)26(35)30-24)31(6)22(29-23)10-11-28)17(2)13-33(16)18(3)19-8-9-20-21(12-19)37-27(4,5)15-36-20/h8-9,12,16-18H,10,13-15H2,1-7H3/t16-,17+,18?/m1/s1. The van der Waals surface area contributed by atoms with Gasteiger partial charge in [0.1, 0.15) is 29.2 Å². The van der Waals surface area contributed by atoms with Gasteiger partial charge < -0.3 is 18.9 Å². The van der Waals surface area contributed by atoms with Gasteiger partial charge in [0, 0.05) is 45.3 Å². The summed E-state index contributed by atoms with van der Waals surface area (Å²) < 4.78 is 15.4. The number of hydrogen-bond donors (Lipinski definition) is 0. The van der Waals surface area contributed by atoms with Crippen LogP contribution in [0.25, 0.3) is 11.2 Å². The summed E-state index contributed by atoms with van der Waals surface area (Å²) in [5.41, 5.74) is 1.82. The van der Waals surface area contributed by atoms with Crippen LogP contribution in [0.4, 0.5) is 5.82 Å². The van der Waals surface area contributed by atoms with E-state index >= 15 is 0 Å². The second-order valence-corrected chi connectivity index (χ2v) is 11.0. The molecule has 1 fully saturated rings. The molecule has 5 rings (SSSR count). The topological polar surface area (TPSA) is 101 Å². The van der Waals surface area contributed by atoms with Crippen LogP contribution in [0.3, 0.4) is 0 Å². The summed E-state index contributed by atoms with van der Waals surface area (Å²) >= 11 is 0. The van der Waals surface area contributed by atoms with Crippen LogP contribution < -0.4 is 20.1 Å². The van der Waals surface area contributed by atoms with Crippen molar-refractivity contribution in [3.05, 3.63) is 40.1 Å². The Bertz CT molecular complexity index is 1450. The minimum atomic E-state index is -0.355. The number of nitrogens with zero attached hydrogens (tertiary/aromatic N) is 7. The first kappa shape index (κ1) is 25.1. The van der Waals surface area contributed by atoms with Crippen LogP contribution in [-0.2, 0) is 20.5 Å². The number of fused-ring (bicyclic) bond motifs is 2. The first-order valence-corrected chi connectivity index (χ1v) is 12.8. The van der Waals surface area contributed by atoms with Gasteiger partial charge in [-0.1, -0.05) is 6.07 Å². The van der Waals surface area contributed by atoms with Crippen molar-refractivity contribution >= 4 is 17.0 Å². The molecule has 10 heteroatoms. The lowest BCUT2D eigenvalue weighted by Crippen LogP contribution is -2.57. The number of hydrogen-bond acceptors (Lipinski definition) is 8. The third-order valence-corrected chi connectivity index (χ3v) is 7.63. The number of piperazine rings is 1. The molecular formula is C27H35N7O3. The van der Waals surface area contributed by atoms with Gasteiger partial charge in [-0.05, 0) is 52.3 Å². The molecule has 0 saturated carbocycles. The molecular weight excluding hydrogens is 470 g/mol. The minimum absolute atomic E-state index is 0.0963. The first-order chi connectivity index (χ1) is 17.5. The van der Waals surface area contributed by atoms with E-state index in [1.807, 2.05) is 31.5 Å². The number of imidazole rings is 1. The molecule has 4 heterocycles. The van der Waals surface area contributed by atoms with Crippen LogP contribution in [-0.4, -0.2) is 61.4 Å². The molecule has 37 heavy (non-hydrogen) atoms. The monoisotopic (exact) mass is 505 g/mol. The van der Waals surface area contributed by atoms with Gasteiger partial charge in [0.15, 0.2) is 17.3 Å². The quantitative estimate of drug-likeness (QED) is 0.534. The second kappa shape index (κ2) is 9.06. The fraction of sp³-hybridized carbons (Fsp3) is 0.556. The van der Waals surface area contributed by atoms with E-state index in [9.17, 15) is 10.1 Å². The summed E-state index contributed by atoms with van der Waals surface area (Å²) in [6, 6.07) is 8.83. The predicted molar refractivity (Wildman–Crippen MR) is 141 cm³/mol. The Morgan fingerprint density at radius 3 is 2.62 bits per heavy atom. The smallest absolute Gasteiger partial charge is 0.350 e. The Morgan fingerprint density at radius 2 is 1.89 bits per heavy atom. The summed E-state index contributed by atoms with van der Waals surface area (Å²) in [7, 11) is 3.53. The highest BCUT2D eigenvalue weighted by Crippen LogP contribution is 2.39. The number of ether oxygens (including phenoxy) is 2. The Morgan fingerprint density at radius 1 is 1.14 bits per heavy atom. The van der Waals surface area contributed by atoms with E-state index in [-0.39, 0.29) is 35.8 Å². The minimum Gasteiger partial charge on any atom is -0.486 e. The van der Waals surface area contributed by atoms with Crippen molar-refractivity contribution in [2.75, 3.05) is 24.6 Å². The Kier molecular flexibility index (Phi) is 6.15. The third kappa shape index (κ3) is 4.31. The molecule has 0 radical (unpaired) electrons. The molecule has 0 aliphatic carbocycles. The molecule has 2 aliphatic rings. The Hall–Kier alpha value is -3.58. The molecule has 1 unspecified atom stereocenters. The molecule has 1 saturated heterocycles. The van der Waals surface area contributed by atoms with Gasteiger partial charge in [-0.15, -0.1) is 0 Å². The molecule has 2 aliphatic heterocycles. The summed E-state index contributed by atoms with van der Waals surface area (Å²) in [6.45, 7) is 12.7. The molecule has 3 aromatic rings. The molecule has 10 nitrogen and oxygen atoms in total. The van der Waals surface area contributed by atoms with E-state index in [0.29, 0.717) is 36.0 Å². The van der Waals surface area contributed by atoms with E-state index < -0.39 is 0 Å². The van der Waals surface area contributed by atoms with Crippen molar-refractivity contribution in [2.45, 2.75) is 64.8 Å². The van der Waals surface area contributed by atoms with Gasteiger partial charge in [0.2, 0.25) is 0 Å². The maximum absolute atomic E-state index is 12.8. The van der Waals surface area contributed by atoms with Gasteiger partial charge >= 0.3 is 5.69 Å². The lowest BCUT2D eigenvalue weighted by Gasteiger charge is -2.47. The maximum Gasteiger partial charge on any atom is 0.350 e. The fourth-order valence-electron chi connectivity index (χ4n) is 5.55.